The van der Waals surface area contributed by atoms with Gasteiger partial charge in [-0.1, -0.05) is 54.6 Å². The maximum absolute atomic E-state index is 9.62. The highest BCUT2D eigenvalue weighted by Crippen LogP contribution is 2.22. The molecule has 0 bridgehead atoms. The predicted molar refractivity (Wildman–Crippen MR) is 119 cm³/mol. The summed E-state index contributed by atoms with van der Waals surface area (Å²) in [5.74, 6) is 0.594. The van der Waals surface area contributed by atoms with Gasteiger partial charge >= 0.3 is 0 Å². The fraction of sp³-hybridized carbons (Fsp3) is 0.120. The summed E-state index contributed by atoms with van der Waals surface area (Å²) in [6, 6.07) is 28.8. The van der Waals surface area contributed by atoms with Gasteiger partial charge in [0, 0.05) is 18.8 Å². The zero-order valence-corrected chi connectivity index (χ0v) is 16.3. The molecule has 4 nitrogen and oxygen atoms in total. The number of rotatable bonds is 6. The molecule has 29 heavy (non-hydrogen) atoms. The topological polar surface area (TPSA) is 55.7 Å². The van der Waals surface area contributed by atoms with E-state index in [4.69, 9.17) is 0 Å². The number of hydrogen-bond donors (Lipinski definition) is 1. The highest BCUT2D eigenvalue weighted by molar-refractivity contribution is 5.90. The van der Waals surface area contributed by atoms with E-state index in [-0.39, 0.29) is 0 Å². The lowest BCUT2D eigenvalue weighted by atomic mass is 10.1. The molecule has 0 unspecified atom stereocenters. The third-order valence-electron chi connectivity index (χ3n) is 4.93. The molecule has 142 valence electrons. The molecule has 4 rings (SSSR count). The minimum atomic E-state index is 0.519. The molecular formula is C25H22N4. The van der Waals surface area contributed by atoms with Crippen molar-refractivity contribution in [1.29, 1.82) is 5.26 Å². The van der Waals surface area contributed by atoms with E-state index in [1.165, 1.54) is 5.56 Å². The molecule has 0 spiro atoms. The smallest absolute Gasteiger partial charge is 0.149 e. The van der Waals surface area contributed by atoms with Crippen LogP contribution in [0.4, 0.5) is 5.69 Å². The van der Waals surface area contributed by atoms with Crippen LogP contribution in [0, 0.1) is 11.3 Å². The van der Waals surface area contributed by atoms with Gasteiger partial charge in [-0.05, 0) is 48.4 Å². The number of allylic oxidation sites excluding steroid dienone is 1. The van der Waals surface area contributed by atoms with Gasteiger partial charge < -0.3 is 9.88 Å². The van der Waals surface area contributed by atoms with E-state index in [2.05, 4.69) is 64.3 Å². The third-order valence-corrected chi connectivity index (χ3v) is 4.93. The number of imidazole rings is 1. The molecule has 0 saturated heterocycles. The number of fused-ring (bicyclic) bond motifs is 1. The summed E-state index contributed by atoms with van der Waals surface area (Å²) in [6.07, 6.45) is 1.87. The Kier molecular flexibility index (Phi) is 5.40. The van der Waals surface area contributed by atoms with Gasteiger partial charge in [0.1, 0.15) is 11.9 Å². The van der Waals surface area contributed by atoms with Crippen molar-refractivity contribution in [2.24, 2.45) is 0 Å². The van der Waals surface area contributed by atoms with Crippen LogP contribution in [0.2, 0.25) is 0 Å². The first-order chi connectivity index (χ1) is 14.3. The van der Waals surface area contributed by atoms with Crippen molar-refractivity contribution in [3.8, 4) is 6.07 Å². The fourth-order valence-electron chi connectivity index (χ4n) is 3.37. The number of nitrogens with one attached hydrogen (secondary N) is 1. The second-order valence-corrected chi connectivity index (χ2v) is 6.86. The number of aromatic amines is 1. The number of H-pyrrole nitrogens is 1. The van der Waals surface area contributed by atoms with Gasteiger partial charge in [0.25, 0.3) is 0 Å². The number of aromatic nitrogens is 2. The van der Waals surface area contributed by atoms with E-state index in [1.807, 2.05) is 48.5 Å². The third kappa shape index (κ3) is 4.20. The number of hydrogen-bond acceptors (Lipinski definition) is 3. The summed E-state index contributed by atoms with van der Waals surface area (Å²) in [6.45, 7) is 3.95. The Balaban J connectivity index is 1.56. The highest BCUT2D eigenvalue weighted by atomic mass is 15.1. The average Bonchev–Trinajstić information content (AvgIpc) is 3.21. The van der Waals surface area contributed by atoms with Crippen molar-refractivity contribution in [3.63, 3.8) is 0 Å². The second-order valence-electron chi connectivity index (χ2n) is 6.86. The van der Waals surface area contributed by atoms with E-state index in [1.54, 1.807) is 0 Å². The Morgan fingerprint density at radius 3 is 2.41 bits per heavy atom. The Morgan fingerprint density at radius 2 is 1.72 bits per heavy atom. The van der Waals surface area contributed by atoms with Crippen LogP contribution < -0.4 is 4.90 Å². The molecule has 0 aliphatic heterocycles. The summed E-state index contributed by atoms with van der Waals surface area (Å²) in [5.41, 5.74) is 5.73. The molecule has 0 aliphatic rings. The number of para-hydroxylation sites is 2. The maximum Gasteiger partial charge on any atom is 0.149 e. The Hall–Kier alpha value is -3.84. The van der Waals surface area contributed by atoms with E-state index >= 15 is 0 Å². The van der Waals surface area contributed by atoms with Gasteiger partial charge in [0.05, 0.1) is 16.6 Å². The molecule has 4 heteroatoms. The van der Waals surface area contributed by atoms with Gasteiger partial charge in [0.2, 0.25) is 0 Å². The van der Waals surface area contributed by atoms with Crippen LogP contribution in [0.1, 0.15) is 23.9 Å². The maximum atomic E-state index is 9.62. The summed E-state index contributed by atoms with van der Waals surface area (Å²) in [4.78, 5) is 10.1. The number of anilines is 1. The van der Waals surface area contributed by atoms with E-state index in [9.17, 15) is 5.26 Å². The second kappa shape index (κ2) is 8.45. The molecule has 3 aromatic carbocycles. The van der Waals surface area contributed by atoms with Gasteiger partial charge in [-0.3, -0.25) is 0 Å². The SMILES string of the molecule is CCN(Cc1ccccc1)c1ccc(/C=C(\C#N)c2nc3ccccc3[nH]2)cc1. The zero-order valence-electron chi connectivity index (χ0n) is 16.3. The van der Waals surface area contributed by atoms with Crippen molar-refractivity contribution >= 4 is 28.4 Å². The zero-order chi connectivity index (χ0) is 20.1. The molecular weight excluding hydrogens is 356 g/mol. The fourth-order valence-corrected chi connectivity index (χ4v) is 3.37. The Morgan fingerprint density at radius 1 is 1.00 bits per heavy atom. The van der Waals surface area contributed by atoms with Gasteiger partial charge in [0.15, 0.2) is 0 Å². The molecule has 1 heterocycles. The lowest BCUT2D eigenvalue weighted by Gasteiger charge is -2.23. The van der Waals surface area contributed by atoms with Crippen molar-refractivity contribution in [2.45, 2.75) is 13.5 Å². The monoisotopic (exact) mass is 378 g/mol. The average molecular weight is 378 g/mol. The quantitative estimate of drug-likeness (QED) is 0.441. The first kappa shape index (κ1) is 18.5. The van der Waals surface area contributed by atoms with Crippen LogP contribution in [0.15, 0.2) is 78.9 Å². The molecule has 0 aliphatic carbocycles. The highest BCUT2D eigenvalue weighted by Gasteiger charge is 2.09. The molecule has 0 saturated carbocycles. The van der Waals surface area contributed by atoms with E-state index in [0.29, 0.717) is 11.4 Å². The van der Waals surface area contributed by atoms with Crippen LogP contribution in [0.25, 0.3) is 22.7 Å². The van der Waals surface area contributed by atoms with Gasteiger partial charge in [-0.25, -0.2) is 4.98 Å². The molecule has 1 aromatic heterocycles. The standard InChI is InChI=1S/C25H22N4/c1-2-29(18-20-8-4-3-5-9-20)22-14-12-19(13-15-22)16-21(17-26)25-27-23-10-6-7-11-24(23)28-25/h3-16H,2,18H2,1H3,(H,27,28)/b21-16+. The minimum Gasteiger partial charge on any atom is -0.367 e. The normalized spacial score (nSPS) is 11.4. The molecule has 0 atom stereocenters. The molecule has 0 radical (unpaired) electrons. The van der Waals surface area contributed by atoms with Gasteiger partial charge in [-0.15, -0.1) is 0 Å². The van der Waals surface area contributed by atoms with Crippen molar-refractivity contribution in [3.05, 3.63) is 95.8 Å². The van der Waals surface area contributed by atoms with Crippen molar-refractivity contribution in [2.75, 3.05) is 11.4 Å². The molecule has 0 amide bonds. The Labute approximate surface area is 170 Å². The summed E-state index contributed by atoms with van der Waals surface area (Å²) < 4.78 is 0. The van der Waals surface area contributed by atoms with E-state index < -0.39 is 0 Å². The Bertz CT molecular complexity index is 1130. The molecule has 4 aromatic rings. The van der Waals surface area contributed by atoms with Crippen LogP contribution in [-0.4, -0.2) is 16.5 Å². The summed E-state index contributed by atoms with van der Waals surface area (Å²) in [7, 11) is 0. The van der Waals surface area contributed by atoms with Crippen LogP contribution in [0.5, 0.6) is 0 Å². The van der Waals surface area contributed by atoms with Gasteiger partial charge in [-0.2, -0.15) is 5.26 Å². The van der Waals surface area contributed by atoms with Crippen molar-refractivity contribution in [1.82, 2.24) is 9.97 Å². The number of nitriles is 1. The molecule has 0 fully saturated rings. The molecule has 1 N–H and O–H groups in total. The summed E-state index contributed by atoms with van der Waals surface area (Å²) in [5, 5.41) is 9.62. The predicted octanol–water partition coefficient (Wildman–Crippen LogP) is 5.65. The van der Waals surface area contributed by atoms with Crippen molar-refractivity contribution < 1.29 is 0 Å². The summed E-state index contributed by atoms with van der Waals surface area (Å²) >= 11 is 0. The number of benzene rings is 3. The van der Waals surface area contributed by atoms with E-state index in [0.717, 1.165) is 35.4 Å². The minimum absolute atomic E-state index is 0.519. The van der Waals surface area contributed by atoms with Crippen LogP contribution >= 0.6 is 0 Å². The first-order valence-corrected chi connectivity index (χ1v) is 9.72. The lowest BCUT2D eigenvalue weighted by molar-refractivity contribution is 0.832. The van der Waals surface area contributed by atoms with Crippen LogP contribution in [-0.2, 0) is 6.54 Å². The largest absolute Gasteiger partial charge is 0.367 e. The number of nitrogens with zero attached hydrogens (tertiary/aromatic N) is 3. The van der Waals surface area contributed by atoms with Crippen LogP contribution in [0.3, 0.4) is 0 Å². The lowest BCUT2D eigenvalue weighted by Crippen LogP contribution is -2.21. The first-order valence-electron chi connectivity index (χ1n) is 9.72.